The molecule has 0 atom stereocenters. The van der Waals surface area contributed by atoms with Crippen LogP contribution in [0.25, 0.3) is 0 Å². The van der Waals surface area contributed by atoms with Gasteiger partial charge >= 0.3 is 0 Å². The van der Waals surface area contributed by atoms with Gasteiger partial charge in [0.15, 0.2) is 0 Å². The predicted molar refractivity (Wildman–Crippen MR) is 66.5 cm³/mol. The smallest absolute Gasteiger partial charge is 0.132 e. The van der Waals surface area contributed by atoms with Gasteiger partial charge in [-0.1, -0.05) is 24.3 Å². The molecule has 1 aromatic carbocycles. The first-order valence-electron chi connectivity index (χ1n) is 5.95. The number of aromatic nitrogens is 2. The lowest BCUT2D eigenvalue weighted by molar-refractivity contribution is 0.673. The van der Waals surface area contributed by atoms with E-state index < -0.39 is 0 Å². The Kier molecular flexibility index (Phi) is 2.61. The molecule has 0 radical (unpaired) electrons. The summed E-state index contributed by atoms with van der Waals surface area (Å²) in [5.41, 5.74) is 9.39. The molecule has 1 heterocycles. The van der Waals surface area contributed by atoms with Gasteiger partial charge in [-0.05, 0) is 30.0 Å². The van der Waals surface area contributed by atoms with Crippen LogP contribution in [0.4, 0.5) is 0 Å². The standard InChI is InChI=1S/C14H15N3/c15-9-13-5-6-16-14(17-13)12-7-10-3-1-2-4-11(10)8-12/h1-6,12H,7-9,15H2. The molecule has 2 aromatic rings. The van der Waals surface area contributed by atoms with Gasteiger partial charge in [-0.25, -0.2) is 9.97 Å². The van der Waals surface area contributed by atoms with Gasteiger partial charge < -0.3 is 5.73 Å². The fourth-order valence-electron chi connectivity index (χ4n) is 2.46. The number of hydrogen-bond donors (Lipinski definition) is 1. The van der Waals surface area contributed by atoms with Gasteiger partial charge in [-0.3, -0.25) is 0 Å². The molecule has 0 spiro atoms. The first-order valence-corrected chi connectivity index (χ1v) is 5.95. The van der Waals surface area contributed by atoms with E-state index in [2.05, 4.69) is 34.2 Å². The summed E-state index contributed by atoms with van der Waals surface area (Å²) in [5.74, 6) is 1.35. The maximum Gasteiger partial charge on any atom is 0.132 e. The van der Waals surface area contributed by atoms with Crippen LogP contribution in [0.3, 0.4) is 0 Å². The second-order valence-corrected chi connectivity index (χ2v) is 4.48. The molecule has 0 bridgehead atoms. The lowest BCUT2D eigenvalue weighted by Crippen LogP contribution is -2.08. The summed E-state index contributed by atoms with van der Waals surface area (Å²) in [4.78, 5) is 8.91. The zero-order valence-corrected chi connectivity index (χ0v) is 9.63. The van der Waals surface area contributed by atoms with Crippen LogP contribution in [0.5, 0.6) is 0 Å². The molecule has 2 N–H and O–H groups in total. The summed E-state index contributed by atoms with van der Waals surface area (Å²) in [5, 5.41) is 0. The third-order valence-corrected chi connectivity index (χ3v) is 3.36. The Balaban J connectivity index is 1.88. The van der Waals surface area contributed by atoms with Crippen molar-refractivity contribution >= 4 is 0 Å². The molecule has 3 rings (SSSR count). The second-order valence-electron chi connectivity index (χ2n) is 4.48. The molecule has 3 nitrogen and oxygen atoms in total. The maximum atomic E-state index is 5.61. The highest BCUT2D eigenvalue weighted by Gasteiger charge is 2.24. The van der Waals surface area contributed by atoms with Gasteiger partial charge in [0.2, 0.25) is 0 Å². The van der Waals surface area contributed by atoms with E-state index in [0.29, 0.717) is 12.5 Å². The summed E-state index contributed by atoms with van der Waals surface area (Å²) in [7, 11) is 0. The Morgan fingerprint density at radius 2 is 1.82 bits per heavy atom. The van der Waals surface area contributed by atoms with Crippen LogP contribution in [-0.4, -0.2) is 9.97 Å². The van der Waals surface area contributed by atoms with Gasteiger partial charge in [0, 0.05) is 18.7 Å². The highest BCUT2D eigenvalue weighted by molar-refractivity contribution is 5.35. The third kappa shape index (κ3) is 1.94. The van der Waals surface area contributed by atoms with Crippen molar-refractivity contribution in [2.45, 2.75) is 25.3 Å². The summed E-state index contributed by atoms with van der Waals surface area (Å²) in [6, 6.07) is 10.5. The SMILES string of the molecule is NCc1ccnc(C2Cc3ccccc3C2)n1. The number of benzene rings is 1. The average Bonchev–Trinajstić information content (AvgIpc) is 2.82. The molecule has 17 heavy (non-hydrogen) atoms. The molecule has 0 unspecified atom stereocenters. The molecule has 0 saturated heterocycles. The average molecular weight is 225 g/mol. The van der Waals surface area contributed by atoms with Crippen LogP contribution >= 0.6 is 0 Å². The minimum absolute atomic E-state index is 0.416. The molecule has 1 aromatic heterocycles. The zero-order valence-electron chi connectivity index (χ0n) is 9.63. The summed E-state index contributed by atoms with van der Waals surface area (Å²) in [6.45, 7) is 0.481. The van der Waals surface area contributed by atoms with E-state index in [0.717, 1.165) is 24.4 Å². The van der Waals surface area contributed by atoms with Gasteiger partial charge in [0.05, 0.1) is 5.69 Å². The van der Waals surface area contributed by atoms with Gasteiger partial charge in [0.1, 0.15) is 5.82 Å². The first-order chi connectivity index (χ1) is 8.36. The molecule has 86 valence electrons. The minimum atomic E-state index is 0.416. The van der Waals surface area contributed by atoms with Crippen molar-refractivity contribution in [3.63, 3.8) is 0 Å². The van der Waals surface area contributed by atoms with Crippen molar-refractivity contribution in [3.05, 3.63) is 59.2 Å². The number of rotatable bonds is 2. The van der Waals surface area contributed by atoms with E-state index in [1.807, 2.05) is 12.3 Å². The van der Waals surface area contributed by atoms with Crippen molar-refractivity contribution in [1.29, 1.82) is 0 Å². The number of nitrogens with zero attached hydrogens (tertiary/aromatic N) is 2. The number of hydrogen-bond acceptors (Lipinski definition) is 3. The van der Waals surface area contributed by atoms with Crippen LogP contribution in [0, 0.1) is 0 Å². The Morgan fingerprint density at radius 1 is 1.12 bits per heavy atom. The lowest BCUT2D eigenvalue weighted by Gasteiger charge is -2.08. The monoisotopic (exact) mass is 225 g/mol. The molecule has 0 amide bonds. The van der Waals surface area contributed by atoms with Crippen molar-refractivity contribution in [1.82, 2.24) is 9.97 Å². The number of fused-ring (bicyclic) bond motifs is 1. The molecule has 0 aliphatic heterocycles. The van der Waals surface area contributed by atoms with E-state index in [1.54, 1.807) is 0 Å². The molecule has 0 fully saturated rings. The Hall–Kier alpha value is -1.74. The van der Waals surface area contributed by atoms with Crippen molar-refractivity contribution in [2.24, 2.45) is 5.73 Å². The van der Waals surface area contributed by atoms with Gasteiger partial charge in [0.25, 0.3) is 0 Å². The summed E-state index contributed by atoms with van der Waals surface area (Å²) in [6.07, 6.45) is 3.90. The molecule has 1 aliphatic rings. The largest absolute Gasteiger partial charge is 0.325 e. The first kappa shape index (κ1) is 10.4. The highest BCUT2D eigenvalue weighted by atomic mass is 14.9. The molecular formula is C14H15N3. The number of nitrogens with two attached hydrogens (primary N) is 1. The fourth-order valence-corrected chi connectivity index (χ4v) is 2.46. The van der Waals surface area contributed by atoms with Gasteiger partial charge in [-0.2, -0.15) is 0 Å². The topological polar surface area (TPSA) is 51.8 Å². The van der Waals surface area contributed by atoms with E-state index in [1.165, 1.54) is 11.1 Å². The fraction of sp³-hybridized carbons (Fsp3) is 0.286. The van der Waals surface area contributed by atoms with Crippen LogP contribution < -0.4 is 5.73 Å². The minimum Gasteiger partial charge on any atom is -0.325 e. The normalized spacial score (nSPS) is 14.9. The second kappa shape index (κ2) is 4.26. The van der Waals surface area contributed by atoms with Crippen LogP contribution in [0.2, 0.25) is 0 Å². The van der Waals surface area contributed by atoms with E-state index in [4.69, 9.17) is 5.73 Å². The van der Waals surface area contributed by atoms with Crippen molar-refractivity contribution in [2.75, 3.05) is 0 Å². The van der Waals surface area contributed by atoms with Crippen LogP contribution in [-0.2, 0) is 19.4 Å². The van der Waals surface area contributed by atoms with Crippen LogP contribution in [0.15, 0.2) is 36.5 Å². The molecule has 3 heteroatoms. The van der Waals surface area contributed by atoms with E-state index in [-0.39, 0.29) is 0 Å². The van der Waals surface area contributed by atoms with Crippen molar-refractivity contribution in [3.8, 4) is 0 Å². The summed E-state index contributed by atoms with van der Waals surface area (Å²) < 4.78 is 0. The molecular weight excluding hydrogens is 210 g/mol. The highest BCUT2D eigenvalue weighted by Crippen LogP contribution is 2.31. The summed E-state index contributed by atoms with van der Waals surface area (Å²) >= 11 is 0. The zero-order chi connectivity index (χ0) is 11.7. The quantitative estimate of drug-likeness (QED) is 0.848. The lowest BCUT2D eigenvalue weighted by atomic mass is 10.1. The van der Waals surface area contributed by atoms with Gasteiger partial charge in [-0.15, -0.1) is 0 Å². The Labute approximate surface area is 101 Å². The van der Waals surface area contributed by atoms with Crippen molar-refractivity contribution < 1.29 is 0 Å². The Bertz CT molecular complexity index is 511. The molecule has 0 saturated carbocycles. The van der Waals surface area contributed by atoms with E-state index in [9.17, 15) is 0 Å². The maximum absolute atomic E-state index is 5.61. The molecule has 1 aliphatic carbocycles. The Morgan fingerprint density at radius 3 is 2.47 bits per heavy atom. The third-order valence-electron chi connectivity index (χ3n) is 3.36. The predicted octanol–water partition coefficient (Wildman–Crippen LogP) is 1.82. The van der Waals surface area contributed by atoms with Crippen LogP contribution in [0.1, 0.15) is 28.6 Å². The van der Waals surface area contributed by atoms with E-state index >= 15 is 0 Å².